The van der Waals surface area contributed by atoms with E-state index < -0.39 is 0 Å². The summed E-state index contributed by atoms with van der Waals surface area (Å²) < 4.78 is 5.98. The number of carbonyl (C=O) groups is 1. The van der Waals surface area contributed by atoms with Crippen LogP contribution >= 0.6 is 11.6 Å². The van der Waals surface area contributed by atoms with Crippen LogP contribution in [0.25, 0.3) is 0 Å². The zero-order chi connectivity index (χ0) is 26.2. The first-order chi connectivity index (χ1) is 18.7. The molecule has 1 amide bonds. The quantitative estimate of drug-likeness (QED) is 0.295. The number of carbonyl (C=O) groups excluding carboxylic acids is 1. The van der Waals surface area contributed by atoms with Crippen molar-refractivity contribution in [3.05, 3.63) is 101 Å². The maximum absolute atomic E-state index is 12.6. The Balaban J connectivity index is 1.12. The third-order valence-corrected chi connectivity index (χ3v) is 6.90. The van der Waals surface area contributed by atoms with Gasteiger partial charge in [0.1, 0.15) is 5.75 Å². The van der Waals surface area contributed by atoms with E-state index in [0.717, 1.165) is 44.2 Å². The minimum atomic E-state index is -0.341. The Kier molecular flexibility index (Phi) is 8.60. The average molecular weight is 532 g/mol. The number of para-hydroxylation sites is 1. The van der Waals surface area contributed by atoms with Gasteiger partial charge in [0.2, 0.25) is 0 Å². The SMILES string of the molecule is O=C(Nc1nn[nH]n1)c1ccccc1OCCCN1CCN(C(c2ccccc2)c2ccc(Cl)cc2)CC1. The minimum absolute atomic E-state index is 0.120. The van der Waals surface area contributed by atoms with Crippen LogP contribution in [-0.2, 0) is 0 Å². The molecule has 5 rings (SSSR count). The van der Waals surface area contributed by atoms with Gasteiger partial charge in [-0.05, 0) is 47.0 Å². The fourth-order valence-electron chi connectivity index (χ4n) is 4.77. The summed E-state index contributed by atoms with van der Waals surface area (Å²) in [4.78, 5) is 17.6. The van der Waals surface area contributed by atoms with E-state index in [4.69, 9.17) is 16.3 Å². The summed E-state index contributed by atoms with van der Waals surface area (Å²) in [5.41, 5.74) is 2.98. The van der Waals surface area contributed by atoms with Gasteiger partial charge in [-0.1, -0.05) is 71.3 Å². The molecule has 196 valence electrons. The first-order valence-electron chi connectivity index (χ1n) is 12.7. The van der Waals surface area contributed by atoms with E-state index in [9.17, 15) is 4.79 Å². The first-order valence-corrected chi connectivity index (χ1v) is 13.1. The summed E-state index contributed by atoms with van der Waals surface area (Å²) in [7, 11) is 0. The lowest BCUT2D eigenvalue weighted by Crippen LogP contribution is -2.48. The van der Waals surface area contributed by atoms with Gasteiger partial charge in [0.05, 0.1) is 18.2 Å². The topological polar surface area (TPSA) is 99.3 Å². The summed E-state index contributed by atoms with van der Waals surface area (Å²) in [5, 5.41) is 16.6. The molecule has 9 nitrogen and oxygen atoms in total. The highest BCUT2D eigenvalue weighted by atomic mass is 35.5. The number of benzene rings is 3. The Hall–Kier alpha value is -3.79. The van der Waals surface area contributed by atoms with Gasteiger partial charge in [-0.15, -0.1) is 5.10 Å². The number of hydrogen-bond donors (Lipinski definition) is 2. The van der Waals surface area contributed by atoms with E-state index in [1.807, 2.05) is 18.2 Å². The van der Waals surface area contributed by atoms with Gasteiger partial charge < -0.3 is 9.64 Å². The van der Waals surface area contributed by atoms with Crippen molar-refractivity contribution in [1.29, 1.82) is 0 Å². The van der Waals surface area contributed by atoms with Crippen molar-refractivity contribution in [2.45, 2.75) is 12.5 Å². The molecule has 10 heteroatoms. The van der Waals surface area contributed by atoms with Crippen LogP contribution in [0.3, 0.4) is 0 Å². The van der Waals surface area contributed by atoms with Crippen LogP contribution in [0.4, 0.5) is 5.95 Å². The normalized spacial score (nSPS) is 15.2. The second-order valence-electron chi connectivity index (χ2n) is 9.13. The molecule has 1 aliphatic heterocycles. The summed E-state index contributed by atoms with van der Waals surface area (Å²) >= 11 is 6.16. The Labute approximate surface area is 226 Å². The van der Waals surface area contributed by atoms with E-state index in [1.165, 1.54) is 11.1 Å². The zero-order valence-corrected chi connectivity index (χ0v) is 21.7. The van der Waals surface area contributed by atoms with Gasteiger partial charge in [0.25, 0.3) is 11.9 Å². The molecule has 1 aliphatic rings. The smallest absolute Gasteiger partial charge is 0.270 e. The lowest BCUT2D eigenvalue weighted by molar-refractivity contribution is 0.101. The number of halogens is 1. The molecule has 1 fully saturated rings. The molecule has 4 aromatic rings. The Bertz CT molecular complexity index is 1290. The number of anilines is 1. The number of amides is 1. The van der Waals surface area contributed by atoms with Crippen LogP contribution < -0.4 is 10.1 Å². The van der Waals surface area contributed by atoms with Crippen LogP contribution in [0.15, 0.2) is 78.9 Å². The van der Waals surface area contributed by atoms with E-state index in [1.54, 1.807) is 18.2 Å². The number of ether oxygens (including phenoxy) is 1. The summed E-state index contributed by atoms with van der Waals surface area (Å²) in [5.74, 6) is 0.313. The second kappa shape index (κ2) is 12.6. The molecule has 3 aromatic carbocycles. The molecule has 0 aliphatic carbocycles. The molecule has 1 unspecified atom stereocenters. The molecule has 0 bridgehead atoms. The number of hydrogen-bond acceptors (Lipinski definition) is 7. The predicted octanol–water partition coefficient (Wildman–Crippen LogP) is 4.28. The van der Waals surface area contributed by atoms with Gasteiger partial charge in [-0.3, -0.25) is 15.0 Å². The monoisotopic (exact) mass is 531 g/mol. The summed E-state index contributed by atoms with van der Waals surface area (Å²) in [6, 6.07) is 26.2. The molecular formula is C28H30ClN7O2. The van der Waals surface area contributed by atoms with E-state index in [-0.39, 0.29) is 17.9 Å². The highest BCUT2D eigenvalue weighted by Gasteiger charge is 2.26. The van der Waals surface area contributed by atoms with Gasteiger partial charge in [-0.2, -0.15) is 5.21 Å². The van der Waals surface area contributed by atoms with Gasteiger partial charge in [-0.25, -0.2) is 0 Å². The molecule has 2 heterocycles. The number of piperazine rings is 1. The number of aromatic nitrogens is 4. The zero-order valence-electron chi connectivity index (χ0n) is 21.0. The molecule has 2 N–H and O–H groups in total. The molecule has 1 aromatic heterocycles. The van der Waals surface area contributed by atoms with Crippen LogP contribution in [0, 0.1) is 0 Å². The standard InChI is InChI=1S/C28H30ClN7O2/c29-23-13-11-22(12-14-23)26(21-7-2-1-3-8-21)36-18-16-35(17-19-36)15-6-20-38-25-10-5-4-9-24(25)27(37)30-28-31-33-34-32-28/h1-5,7-14,26H,6,15-20H2,(H2,30,31,32,33,34,37). The number of aromatic amines is 1. The minimum Gasteiger partial charge on any atom is -0.493 e. The van der Waals surface area contributed by atoms with E-state index in [2.05, 4.69) is 78.2 Å². The van der Waals surface area contributed by atoms with Crippen molar-refractivity contribution < 1.29 is 9.53 Å². The van der Waals surface area contributed by atoms with Crippen molar-refractivity contribution in [3.8, 4) is 5.75 Å². The molecule has 0 radical (unpaired) electrons. The maximum Gasteiger partial charge on any atom is 0.270 e. The first kappa shape index (κ1) is 25.8. The third-order valence-electron chi connectivity index (χ3n) is 6.65. The van der Waals surface area contributed by atoms with Crippen LogP contribution in [0.1, 0.15) is 33.9 Å². The fraction of sp³-hybridized carbons (Fsp3) is 0.286. The number of H-pyrrole nitrogens is 1. The van der Waals surface area contributed by atoms with Crippen molar-refractivity contribution >= 4 is 23.5 Å². The molecule has 0 spiro atoms. The molecule has 38 heavy (non-hydrogen) atoms. The maximum atomic E-state index is 12.6. The number of nitrogens with one attached hydrogen (secondary N) is 2. The van der Waals surface area contributed by atoms with E-state index in [0.29, 0.717) is 17.9 Å². The highest BCUT2D eigenvalue weighted by molar-refractivity contribution is 6.30. The van der Waals surface area contributed by atoms with E-state index >= 15 is 0 Å². The lowest BCUT2D eigenvalue weighted by Gasteiger charge is -2.39. The number of rotatable bonds is 10. The number of tetrazole rings is 1. The Morgan fingerprint density at radius 3 is 2.39 bits per heavy atom. The van der Waals surface area contributed by atoms with Crippen LogP contribution in [-0.4, -0.2) is 75.7 Å². The largest absolute Gasteiger partial charge is 0.493 e. The Morgan fingerprint density at radius 2 is 1.66 bits per heavy atom. The van der Waals surface area contributed by atoms with Crippen LogP contribution in [0.2, 0.25) is 5.02 Å². The van der Waals surface area contributed by atoms with Gasteiger partial charge in [0.15, 0.2) is 0 Å². The van der Waals surface area contributed by atoms with Gasteiger partial charge >= 0.3 is 0 Å². The fourth-order valence-corrected chi connectivity index (χ4v) is 4.90. The van der Waals surface area contributed by atoms with Crippen molar-refractivity contribution in [2.75, 3.05) is 44.6 Å². The molecule has 1 atom stereocenters. The third kappa shape index (κ3) is 6.55. The van der Waals surface area contributed by atoms with Crippen LogP contribution in [0.5, 0.6) is 5.75 Å². The Morgan fingerprint density at radius 1 is 0.947 bits per heavy atom. The van der Waals surface area contributed by atoms with Crippen molar-refractivity contribution in [3.63, 3.8) is 0 Å². The molecule has 0 saturated carbocycles. The predicted molar refractivity (Wildman–Crippen MR) is 146 cm³/mol. The summed E-state index contributed by atoms with van der Waals surface area (Å²) in [6.07, 6.45) is 0.861. The summed E-state index contributed by atoms with van der Waals surface area (Å²) in [6.45, 7) is 5.37. The number of nitrogens with zero attached hydrogens (tertiary/aromatic N) is 5. The molecular weight excluding hydrogens is 502 g/mol. The van der Waals surface area contributed by atoms with Crippen molar-refractivity contribution in [1.82, 2.24) is 30.4 Å². The lowest BCUT2D eigenvalue weighted by atomic mass is 9.96. The van der Waals surface area contributed by atoms with Gasteiger partial charge in [0, 0.05) is 37.7 Å². The second-order valence-corrected chi connectivity index (χ2v) is 9.57. The molecule has 1 saturated heterocycles. The highest BCUT2D eigenvalue weighted by Crippen LogP contribution is 2.30. The van der Waals surface area contributed by atoms with Crippen molar-refractivity contribution in [2.24, 2.45) is 0 Å². The average Bonchev–Trinajstić information content (AvgIpc) is 3.47.